The molecule has 3 rings (SSSR count). The number of benzene rings is 1. The van der Waals surface area contributed by atoms with Crippen LogP contribution in [0.3, 0.4) is 0 Å². The number of urea groups is 1. The molecule has 33 heavy (non-hydrogen) atoms. The lowest BCUT2D eigenvalue weighted by atomic mass is 10.1. The first-order chi connectivity index (χ1) is 15.6. The predicted octanol–water partition coefficient (Wildman–Crippen LogP) is 4.27. The number of aromatic nitrogens is 1. The number of carbonyl (C=O) groups is 2. The molecule has 1 aromatic carbocycles. The Labute approximate surface area is 196 Å². The highest BCUT2D eigenvalue weighted by Gasteiger charge is 2.39. The third kappa shape index (κ3) is 5.73. The number of nitrogens with zero attached hydrogens (tertiary/aromatic N) is 4. The standard InChI is InChI=1S/C21H19BrF3N5O3/c1-2-33-19(31)16-10-13(12-26)18(28-17(16)21(23,24)25)29-6-8-30(9-7-29)20(32)27-15-5-3-4-14(22)11-15/h3-5,10-11H,2,6-9H2,1H3,(H,27,32). The Kier molecular flexibility index (Phi) is 7.43. The van der Waals surface area contributed by atoms with E-state index in [9.17, 15) is 28.0 Å². The van der Waals surface area contributed by atoms with E-state index < -0.39 is 23.4 Å². The van der Waals surface area contributed by atoms with Gasteiger partial charge in [0.1, 0.15) is 11.9 Å². The van der Waals surface area contributed by atoms with Crippen LogP contribution in [0.1, 0.15) is 28.5 Å². The highest BCUT2D eigenvalue weighted by atomic mass is 79.9. The summed E-state index contributed by atoms with van der Waals surface area (Å²) in [6.07, 6.45) is -4.92. The molecule has 1 saturated heterocycles. The first-order valence-corrected chi connectivity index (χ1v) is 10.7. The molecule has 2 heterocycles. The number of pyridine rings is 1. The van der Waals surface area contributed by atoms with E-state index in [-0.39, 0.29) is 50.2 Å². The van der Waals surface area contributed by atoms with Crippen molar-refractivity contribution in [2.75, 3.05) is 43.0 Å². The van der Waals surface area contributed by atoms with E-state index in [0.717, 1.165) is 10.5 Å². The molecular formula is C21H19BrF3N5O3. The molecular weight excluding hydrogens is 507 g/mol. The maximum Gasteiger partial charge on any atom is 0.434 e. The third-order valence-corrected chi connectivity index (χ3v) is 5.32. The number of nitrogens with one attached hydrogen (secondary N) is 1. The van der Waals surface area contributed by atoms with Crippen molar-refractivity contribution in [1.82, 2.24) is 9.88 Å². The van der Waals surface area contributed by atoms with Crippen LogP contribution in [0.4, 0.5) is 29.5 Å². The van der Waals surface area contributed by atoms with Crippen LogP contribution in [0.25, 0.3) is 0 Å². The molecule has 0 saturated carbocycles. The van der Waals surface area contributed by atoms with E-state index in [0.29, 0.717) is 5.69 Å². The summed E-state index contributed by atoms with van der Waals surface area (Å²) in [7, 11) is 0. The fourth-order valence-corrected chi connectivity index (χ4v) is 3.70. The topological polar surface area (TPSA) is 98.6 Å². The number of ether oxygens (including phenoxy) is 1. The summed E-state index contributed by atoms with van der Waals surface area (Å²) in [5.41, 5.74) is -1.81. The number of hydrogen-bond donors (Lipinski definition) is 1. The van der Waals surface area contributed by atoms with Crippen LogP contribution in [0.5, 0.6) is 0 Å². The number of piperazine rings is 1. The molecule has 2 aromatic rings. The molecule has 2 amide bonds. The monoisotopic (exact) mass is 525 g/mol. The summed E-state index contributed by atoms with van der Waals surface area (Å²) in [4.78, 5) is 31.2. The Morgan fingerprint density at radius 3 is 2.52 bits per heavy atom. The maximum atomic E-state index is 13.6. The second-order valence-electron chi connectivity index (χ2n) is 7.00. The SMILES string of the molecule is CCOC(=O)c1cc(C#N)c(N2CCN(C(=O)Nc3cccc(Br)c3)CC2)nc1C(F)(F)F. The molecule has 0 spiro atoms. The number of alkyl halides is 3. The maximum absolute atomic E-state index is 13.6. The van der Waals surface area contributed by atoms with Gasteiger partial charge in [0, 0.05) is 36.3 Å². The van der Waals surface area contributed by atoms with Crippen molar-refractivity contribution in [2.45, 2.75) is 13.1 Å². The average Bonchev–Trinajstić information content (AvgIpc) is 2.78. The highest BCUT2D eigenvalue weighted by molar-refractivity contribution is 9.10. The number of carbonyl (C=O) groups excluding carboxylic acids is 2. The molecule has 0 atom stereocenters. The highest BCUT2D eigenvalue weighted by Crippen LogP contribution is 2.34. The molecule has 174 valence electrons. The smallest absolute Gasteiger partial charge is 0.434 e. The number of nitriles is 1. The first-order valence-electron chi connectivity index (χ1n) is 9.90. The summed E-state index contributed by atoms with van der Waals surface area (Å²) in [6, 6.07) is 9.36. The van der Waals surface area contributed by atoms with Crippen molar-refractivity contribution in [3.8, 4) is 6.07 Å². The van der Waals surface area contributed by atoms with Gasteiger partial charge in [0.2, 0.25) is 0 Å². The van der Waals surface area contributed by atoms with Crippen LogP contribution in [0.2, 0.25) is 0 Å². The van der Waals surface area contributed by atoms with E-state index in [2.05, 4.69) is 31.0 Å². The van der Waals surface area contributed by atoms with Crippen LogP contribution >= 0.6 is 15.9 Å². The van der Waals surface area contributed by atoms with Crippen molar-refractivity contribution in [3.63, 3.8) is 0 Å². The average molecular weight is 526 g/mol. The summed E-state index contributed by atoms with van der Waals surface area (Å²) in [5, 5.41) is 12.2. The molecule has 0 aliphatic carbocycles. The summed E-state index contributed by atoms with van der Waals surface area (Å²) >= 11 is 3.32. The minimum Gasteiger partial charge on any atom is -0.462 e. The van der Waals surface area contributed by atoms with Crippen molar-refractivity contribution < 1.29 is 27.5 Å². The third-order valence-electron chi connectivity index (χ3n) is 4.83. The number of esters is 1. The first kappa shape index (κ1) is 24.3. The zero-order chi connectivity index (χ0) is 24.2. The number of hydrogen-bond acceptors (Lipinski definition) is 6. The van der Waals surface area contributed by atoms with Crippen molar-refractivity contribution in [3.05, 3.63) is 51.6 Å². The molecule has 1 fully saturated rings. The zero-order valence-electron chi connectivity index (χ0n) is 17.4. The predicted molar refractivity (Wildman–Crippen MR) is 117 cm³/mol. The Morgan fingerprint density at radius 2 is 1.94 bits per heavy atom. The van der Waals surface area contributed by atoms with Gasteiger partial charge in [0.15, 0.2) is 5.69 Å². The fourth-order valence-electron chi connectivity index (χ4n) is 3.30. The normalized spacial score (nSPS) is 13.9. The molecule has 0 radical (unpaired) electrons. The molecule has 1 N–H and O–H groups in total. The lowest BCUT2D eigenvalue weighted by Crippen LogP contribution is -2.50. The van der Waals surface area contributed by atoms with Crippen LogP contribution in [-0.4, -0.2) is 54.7 Å². The van der Waals surface area contributed by atoms with Crippen LogP contribution < -0.4 is 10.2 Å². The van der Waals surface area contributed by atoms with E-state index in [4.69, 9.17) is 0 Å². The van der Waals surface area contributed by atoms with Crippen LogP contribution in [-0.2, 0) is 10.9 Å². The molecule has 1 aliphatic heterocycles. The molecule has 8 nitrogen and oxygen atoms in total. The lowest BCUT2D eigenvalue weighted by molar-refractivity contribution is -0.141. The van der Waals surface area contributed by atoms with E-state index in [1.807, 2.05) is 6.07 Å². The summed E-state index contributed by atoms with van der Waals surface area (Å²) in [5.74, 6) is -1.39. The number of amides is 2. The van der Waals surface area contributed by atoms with Gasteiger partial charge in [0.05, 0.1) is 17.7 Å². The molecule has 12 heteroatoms. The summed E-state index contributed by atoms with van der Waals surface area (Å²) < 4.78 is 46.3. The molecule has 0 bridgehead atoms. The van der Waals surface area contributed by atoms with Crippen LogP contribution in [0, 0.1) is 11.3 Å². The number of halogens is 4. The Hall–Kier alpha value is -3.33. The fraction of sp³-hybridized carbons (Fsp3) is 0.333. The molecule has 1 aliphatic rings. The van der Waals surface area contributed by atoms with Crippen molar-refractivity contribution in [1.29, 1.82) is 5.26 Å². The second kappa shape index (κ2) is 10.1. The molecule has 0 unspecified atom stereocenters. The van der Waals surface area contributed by atoms with Gasteiger partial charge in [-0.2, -0.15) is 18.4 Å². The lowest BCUT2D eigenvalue weighted by Gasteiger charge is -2.36. The Balaban J connectivity index is 1.79. The minimum absolute atomic E-state index is 0.121. The quantitative estimate of drug-likeness (QED) is 0.598. The van der Waals surface area contributed by atoms with Gasteiger partial charge < -0.3 is 19.9 Å². The van der Waals surface area contributed by atoms with Gasteiger partial charge in [-0.3, -0.25) is 0 Å². The zero-order valence-corrected chi connectivity index (χ0v) is 19.0. The number of anilines is 2. The van der Waals surface area contributed by atoms with Crippen molar-refractivity contribution >= 4 is 39.4 Å². The second-order valence-corrected chi connectivity index (χ2v) is 7.92. The molecule has 1 aromatic heterocycles. The van der Waals surface area contributed by atoms with Crippen molar-refractivity contribution in [2.24, 2.45) is 0 Å². The van der Waals surface area contributed by atoms with E-state index in [1.165, 1.54) is 16.7 Å². The van der Waals surface area contributed by atoms with Gasteiger partial charge in [-0.1, -0.05) is 22.0 Å². The largest absolute Gasteiger partial charge is 0.462 e. The summed E-state index contributed by atoms with van der Waals surface area (Å²) in [6.45, 7) is 2.06. The van der Waals surface area contributed by atoms with Gasteiger partial charge in [-0.15, -0.1) is 0 Å². The number of rotatable bonds is 4. The van der Waals surface area contributed by atoms with E-state index in [1.54, 1.807) is 24.3 Å². The minimum atomic E-state index is -4.92. The van der Waals surface area contributed by atoms with Gasteiger partial charge in [-0.05, 0) is 31.2 Å². The van der Waals surface area contributed by atoms with Crippen LogP contribution in [0.15, 0.2) is 34.8 Å². The Bertz CT molecular complexity index is 1100. The van der Waals surface area contributed by atoms with Gasteiger partial charge >= 0.3 is 18.2 Å². The van der Waals surface area contributed by atoms with E-state index >= 15 is 0 Å². The van der Waals surface area contributed by atoms with Gasteiger partial charge in [-0.25, -0.2) is 14.6 Å². The van der Waals surface area contributed by atoms with Gasteiger partial charge in [0.25, 0.3) is 0 Å². The Morgan fingerprint density at radius 1 is 1.24 bits per heavy atom.